The van der Waals surface area contributed by atoms with Crippen LogP contribution in [0.2, 0.25) is 0 Å². The first-order valence-corrected chi connectivity index (χ1v) is 5.57. The number of pyridine rings is 1. The minimum Gasteiger partial charge on any atom is -0.244 e. The van der Waals surface area contributed by atoms with Crippen molar-refractivity contribution < 1.29 is 13.2 Å². The molecule has 0 aliphatic heterocycles. The van der Waals surface area contributed by atoms with E-state index in [0.717, 1.165) is 6.07 Å². The van der Waals surface area contributed by atoms with Gasteiger partial charge in [-0.05, 0) is 34.5 Å². The number of halogens is 4. The van der Waals surface area contributed by atoms with Gasteiger partial charge in [0.15, 0.2) is 0 Å². The minimum atomic E-state index is -4.36. The molecule has 0 amide bonds. The maximum atomic E-state index is 12.8. The van der Waals surface area contributed by atoms with Crippen LogP contribution in [0.1, 0.15) is 37.6 Å². The van der Waals surface area contributed by atoms with Crippen molar-refractivity contribution >= 4 is 15.9 Å². The molecule has 0 saturated carbocycles. The van der Waals surface area contributed by atoms with Crippen molar-refractivity contribution in [2.24, 2.45) is 0 Å². The van der Waals surface area contributed by atoms with Crippen molar-refractivity contribution in [1.29, 1.82) is 0 Å². The number of rotatable bonds is 0. The first kappa shape index (κ1) is 13.5. The average Bonchev–Trinajstić information content (AvgIpc) is 2.05. The summed E-state index contributed by atoms with van der Waals surface area (Å²) >= 11 is 3.16. The number of alkyl halides is 3. The molecule has 0 fully saturated rings. The van der Waals surface area contributed by atoms with E-state index in [4.69, 9.17) is 0 Å². The van der Waals surface area contributed by atoms with Gasteiger partial charge in [0.1, 0.15) is 4.60 Å². The van der Waals surface area contributed by atoms with Crippen LogP contribution in [-0.2, 0) is 11.6 Å². The quantitative estimate of drug-likeness (QED) is 0.644. The van der Waals surface area contributed by atoms with E-state index in [0.29, 0.717) is 10.2 Å². The molecule has 0 bridgehead atoms. The van der Waals surface area contributed by atoms with Gasteiger partial charge < -0.3 is 0 Å². The molecular formula is C11H13BrF3N. The first-order valence-electron chi connectivity index (χ1n) is 4.78. The lowest BCUT2D eigenvalue weighted by Crippen LogP contribution is -2.22. The van der Waals surface area contributed by atoms with Gasteiger partial charge in [0.05, 0.1) is 11.3 Å². The Bertz CT molecular complexity index is 366. The third kappa shape index (κ3) is 2.75. The molecular weight excluding hydrogens is 283 g/mol. The molecule has 1 rings (SSSR count). The van der Waals surface area contributed by atoms with Crippen LogP contribution in [0.25, 0.3) is 0 Å². The summed E-state index contributed by atoms with van der Waals surface area (Å²) in [4.78, 5) is 4.01. The highest BCUT2D eigenvalue weighted by Gasteiger charge is 2.37. The first-order chi connectivity index (χ1) is 7.03. The van der Waals surface area contributed by atoms with Crippen LogP contribution in [0.3, 0.4) is 0 Å². The van der Waals surface area contributed by atoms with E-state index in [2.05, 4.69) is 20.9 Å². The van der Waals surface area contributed by atoms with Crippen molar-refractivity contribution in [1.82, 2.24) is 4.98 Å². The summed E-state index contributed by atoms with van der Waals surface area (Å²) in [6.07, 6.45) is -4.36. The van der Waals surface area contributed by atoms with E-state index < -0.39 is 17.2 Å². The maximum absolute atomic E-state index is 12.8. The highest BCUT2D eigenvalue weighted by Crippen LogP contribution is 2.38. The predicted molar refractivity (Wildman–Crippen MR) is 60.4 cm³/mol. The lowest BCUT2D eigenvalue weighted by Gasteiger charge is -2.23. The van der Waals surface area contributed by atoms with Crippen LogP contribution < -0.4 is 0 Å². The molecule has 1 aromatic rings. The second-order valence-electron chi connectivity index (χ2n) is 4.74. The topological polar surface area (TPSA) is 12.9 Å². The Hall–Kier alpha value is -0.580. The van der Waals surface area contributed by atoms with E-state index >= 15 is 0 Å². The molecule has 1 heterocycles. The van der Waals surface area contributed by atoms with Gasteiger partial charge in [-0.2, -0.15) is 13.2 Å². The zero-order chi connectivity index (χ0) is 12.7. The van der Waals surface area contributed by atoms with Gasteiger partial charge in [0.2, 0.25) is 0 Å². The number of hydrogen-bond donors (Lipinski definition) is 0. The van der Waals surface area contributed by atoms with Crippen LogP contribution in [0.5, 0.6) is 0 Å². The normalized spacial score (nSPS) is 13.0. The average molecular weight is 296 g/mol. The molecule has 0 aromatic carbocycles. The third-order valence-electron chi connectivity index (χ3n) is 2.17. The molecule has 1 nitrogen and oxygen atoms in total. The second-order valence-corrected chi connectivity index (χ2v) is 5.49. The molecule has 0 saturated heterocycles. The lowest BCUT2D eigenvalue weighted by molar-refractivity contribution is -0.139. The maximum Gasteiger partial charge on any atom is 0.418 e. The van der Waals surface area contributed by atoms with Crippen molar-refractivity contribution in [2.75, 3.05) is 0 Å². The molecule has 0 aliphatic rings. The second kappa shape index (κ2) is 4.02. The van der Waals surface area contributed by atoms with E-state index in [1.165, 1.54) is 0 Å². The number of aryl methyl sites for hydroxylation is 1. The molecule has 16 heavy (non-hydrogen) atoms. The van der Waals surface area contributed by atoms with E-state index in [1.807, 2.05) is 0 Å². The van der Waals surface area contributed by atoms with Crippen LogP contribution >= 0.6 is 15.9 Å². The molecule has 0 N–H and O–H groups in total. The highest BCUT2D eigenvalue weighted by molar-refractivity contribution is 9.10. The fraction of sp³-hybridized carbons (Fsp3) is 0.545. The summed E-state index contributed by atoms with van der Waals surface area (Å²) in [5.41, 5.74) is -0.736. The largest absolute Gasteiger partial charge is 0.418 e. The summed E-state index contributed by atoms with van der Waals surface area (Å²) in [5.74, 6) is 0. The van der Waals surface area contributed by atoms with Gasteiger partial charge in [0.25, 0.3) is 0 Å². The predicted octanol–water partition coefficient (Wildman–Crippen LogP) is 4.47. The van der Waals surface area contributed by atoms with Gasteiger partial charge in [0, 0.05) is 5.41 Å². The SMILES string of the molecule is Cc1cc(C(F)(F)F)c(C(C)(C)C)nc1Br. The van der Waals surface area contributed by atoms with E-state index in [9.17, 15) is 13.2 Å². The fourth-order valence-electron chi connectivity index (χ4n) is 1.38. The Morgan fingerprint density at radius 3 is 2.06 bits per heavy atom. The Morgan fingerprint density at radius 2 is 1.69 bits per heavy atom. The van der Waals surface area contributed by atoms with Gasteiger partial charge in [-0.25, -0.2) is 4.98 Å². The standard InChI is InChI=1S/C11H13BrF3N/c1-6-5-7(11(13,14)15)8(10(2,3)4)16-9(6)12/h5H,1-4H3. The molecule has 0 spiro atoms. The van der Waals surface area contributed by atoms with Crippen LogP contribution in [0.4, 0.5) is 13.2 Å². The Kier molecular flexibility index (Phi) is 3.39. The molecule has 0 aliphatic carbocycles. The molecule has 90 valence electrons. The molecule has 5 heteroatoms. The monoisotopic (exact) mass is 295 g/mol. The fourth-order valence-corrected chi connectivity index (χ4v) is 1.67. The van der Waals surface area contributed by atoms with E-state index in [1.54, 1.807) is 27.7 Å². The third-order valence-corrected chi connectivity index (χ3v) is 2.97. The van der Waals surface area contributed by atoms with Crippen LogP contribution in [0.15, 0.2) is 10.7 Å². The van der Waals surface area contributed by atoms with Gasteiger partial charge >= 0.3 is 6.18 Å². The zero-order valence-corrected chi connectivity index (χ0v) is 11.1. The molecule has 1 aromatic heterocycles. The van der Waals surface area contributed by atoms with Crippen LogP contribution in [0, 0.1) is 6.92 Å². The van der Waals surface area contributed by atoms with E-state index in [-0.39, 0.29) is 5.69 Å². The Labute approximate surface area is 101 Å². The molecule has 0 unspecified atom stereocenters. The lowest BCUT2D eigenvalue weighted by atomic mass is 9.88. The number of aromatic nitrogens is 1. The minimum absolute atomic E-state index is 0.0671. The Morgan fingerprint density at radius 1 is 1.19 bits per heavy atom. The highest BCUT2D eigenvalue weighted by atomic mass is 79.9. The number of nitrogens with zero attached hydrogens (tertiary/aromatic N) is 1. The van der Waals surface area contributed by atoms with Gasteiger partial charge in [-0.3, -0.25) is 0 Å². The summed E-state index contributed by atoms with van der Waals surface area (Å²) in [7, 11) is 0. The molecule has 0 radical (unpaired) electrons. The van der Waals surface area contributed by atoms with Gasteiger partial charge in [-0.15, -0.1) is 0 Å². The Balaban J connectivity index is 3.53. The van der Waals surface area contributed by atoms with Crippen LogP contribution in [-0.4, -0.2) is 4.98 Å². The van der Waals surface area contributed by atoms with Gasteiger partial charge in [-0.1, -0.05) is 20.8 Å². The smallest absolute Gasteiger partial charge is 0.244 e. The molecule has 0 atom stereocenters. The van der Waals surface area contributed by atoms with Crippen molar-refractivity contribution in [3.05, 3.63) is 27.5 Å². The van der Waals surface area contributed by atoms with Crippen molar-refractivity contribution in [3.63, 3.8) is 0 Å². The number of hydrogen-bond acceptors (Lipinski definition) is 1. The summed E-state index contributed by atoms with van der Waals surface area (Å²) in [6, 6.07) is 1.14. The zero-order valence-electron chi connectivity index (χ0n) is 9.54. The summed E-state index contributed by atoms with van der Waals surface area (Å²) in [5, 5.41) is 0. The summed E-state index contributed by atoms with van der Waals surface area (Å²) in [6.45, 7) is 6.74. The van der Waals surface area contributed by atoms with Crippen molar-refractivity contribution in [3.8, 4) is 0 Å². The van der Waals surface area contributed by atoms with Crippen molar-refractivity contribution in [2.45, 2.75) is 39.3 Å². The summed E-state index contributed by atoms with van der Waals surface area (Å²) < 4.78 is 39.0.